The normalized spacial score (nSPS) is 10.8. The minimum absolute atomic E-state index is 0.295. The molecule has 19 heavy (non-hydrogen) atoms. The fourth-order valence-corrected chi connectivity index (χ4v) is 2.08. The summed E-state index contributed by atoms with van der Waals surface area (Å²) in [6.07, 6.45) is 0. The number of nitrogen functional groups attached to an aromatic ring is 2. The number of nitrogens with two attached hydrogens (primary N) is 2. The number of hydrogen-bond donors (Lipinski definition) is 2. The lowest BCUT2D eigenvalue weighted by Gasteiger charge is -2.11. The minimum atomic E-state index is -0.295. The Labute approximate surface area is 109 Å². The molecule has 0 bridgehead atoms. The van der Waals surface area contributed by atoms with Crippen molar-refractivity contribution in [2.45, 2.75) is 0 Å². The van der Waals surface area contributed by atoms with E-state index in [0.29, 0.717) is 17.1 Å². The zero-order valence-corrected chi connectivity index (χ0v) is 10.1. The molecule has 94 valence electrons. The molecule has 3 nitrogen and oxygen atoms in total. The number of anilines is 2. The molecule has 0 radical (unpaired) electrons. The van der Waals surface area contributed by atoms with Crippen molar-refractivity contribution in [3.05, 3.63) is 54.3 Å². The number of fused-ring (bicyclic) bond motifs is 1. The monoisotopic (exact) mass is 253 g/mol. The van der Waals surface area contributed by atoms with Crippen LogP contribution in [0.2, 0.25) is 0 Å². The molecule has 3 aromatic rings. The van der Waals surface area contributed by atoms with Crippen LogP contribution in [0.4, 0.5) is 15.8 Å². The van der Waals surface area contributed by atoms with E-state index in [9.17, 15) is 4.39 Å². The summed E-state index contributed by atoms with van der Waals surface area (Å²) in [7, 11) is 0. The average molecular weight is 253 g/mol. The SMILES string of the molecule is Nc1c(-c2ccc(F)cc2)nc2ccccc2c1N. The third-order valence-corrected chi connectivity index (χ3v) is 3.09. The van der Waals surface area contributed by atoms with Crippen LogP contribution in [0.3, 0.4) is 0 Å². The molecule has 0 atom stereocenters. The lowest BCUT2D eigenvalue weighted by Crippen LogP contribution is -2.01. The summed E-state index contributed by atoms with van der Waals surface area (Å²) in [5, 5.41) is 0.825. The zero-order valence-electron chi connectivity index (χ0n) is 10.1. The number of hydrogen-bond acceptors (Lipinski definition) is 3. The zero-order chi connectivity index (χ0) is 13.4. The van der Waals surface area contributed by atoms with Crippen molar-refractivity contribution >= 4 is 22.3 Å². The molecule has 0 fully saturated rings. The van der Waals surface area contributed by atoms with E-state index in [1.165, 1.54) is 12.1 Å². The molecule has 0 aliphatic rings. The van der Waals surface area contributed by atoms with E-state index in [-0.39, 0.29) is 5.82 Å². The van der Waals surface area contributed by atoms with Crippen molar-refractivity contribution in [2.24, 2.45) is 0 Å². The van der Waals surface area contributed by atoms with Crippen LogP contribution in [0, 0.1) is 5.82 Å². The Morgan fingerprint density at radius 1 is 0.842 bits per heavy atom. The lowest BCUT2D eigenvalue weighted by atomic mass is 10.1. The molecule has 0 aliphatic heterocycles. The predicted molar refractivity (Wildman–Crippen MR) is 76.0 cm³/mol. The van der Waals surface area contributed by atoms with Crippen molar-refractivity contribution in [3.8, 4) is 11.3 Å². The van der Waals surface area contributed by atoms with E-state index in [0.717, 1.165) is 16.5 Å². The largest absolute Gasteiger partial charge is 0.396 e. The smallest absolute Gasteiger partial charge is 0.123 e. The van der Waals surface area contributed by atoms with Gasteiger partial charge in [0.1, 0.15) is 5.82 Å². The number of para-hydroxylation sites is 1. The van der Waals surface area contributed by atoms with Gasteiger partial charge in [-0.05, 0) is 30.3 Å². The summed E-state index contributed by atoms with van der Waals surface area (Å²) < 4.78 is 13.0. The molecule has 0 saturated carbocycles. The molecule has 0 saturated heterocycles. The van der Waals surface area contributed by atoms with Gasteiger partial charge >= 0.3 is 0 Å². The quantitative estimate of drug-likeness (QED) is 0.700. The Morgan fingerprint density at radius 3 is 2.26 bits per heavy atom. The van der Waals surface area contributed by atoms with Crippen molar-refractivity contribution < 1.29 is 4.39 Å². The van der Waals surface area contributed by atoms with Crippen LogP contribution in [0.25, 0.3) is 22.2 Å². The van der Waals surface area contributed by atoms with Crippen LogP contribution in [0.15, 0.2) is 48.5 Å². The third-order valence-electron chi connectivity index (χ3n) is 3.09. The highest BCUT2D eigenvalue weighted by molar-refractivity contribution is 6.00. The van der Waals surface area contributed by atoms with Crippen molar-refractivity contribution in [3.63, 3.8) is 0 Å². The first-order chi connectivity index (χ1) is 9.16. The topological polar surface area (TPSA) is 64.9 Å². The highest BCUT2D eigenvalue weighted by Crippen LogP contribution is 2.33. The van der Waals surface area contributed by atoms with Crippen LogP contribution in [-0.4, -0.2) is 4.98 Å². The van der Waals surface area contributed by atoms with Crippen molar-refractivity contribution in [1.82, 2.24) is 4.98 Å². The van der Waals surface area contributed by atoms with E-state index in [4.69, 9.17) is 11.5 Å². The molecule has 4 N–H and O–H groups in total. The third kappa shape index (κ3) is 1.87. The van der Waals surface area contributed by atoms with Gasteiger partial charge in [0.25, 0.3) is 0 Å². The van der Waals surface area contributed by atoms with Crippen LogP contribution < -0.4 is 11.5 Å². The fourth-order valence-electron chi connectivity index (χ4n) is 2.08. The van der Waals surface area contributed by atoms with Gasteiger partial charge < -0.3 is 11.5 Å². The van der Waals surface area contributed by atoms with Gasteiger partial charge in [-0.15, -0.1) is 0 Å². The average Bonchev–Trinajstić information content (AvgIpc) is 2.44. The fraction of sp³-hybridized carbons (Fsp3) is 0. The van der Waals surface area contributed by atoms with Crippen molar-refractivity contribution in [2.75, 3.05) is 11.5 Å². The Bertz CT molecular complexity index is 751. The second-order valence-corrected chi connectivity index (χ2v) is 4.31. The predicted octanol–water partition coefficient (Wildman–Crippen LogP) is 3.21. The number of aromatic nitrogens is 1. The van der Waals surface area contributed by atoms with Crippen LogP contribution in [0.1, 0.15) is 0 Å². The van der Waals surface area contributed by atoms with Gasteiger partial charge in [-0.3, -0.25) is 0 Å². The summed E-state index contributed by atoms with van der Waals surface area (Å²) in [6, 6.07) is 13.6. The summed E-state index contributed by atoms with van der Waals surface area (Å²) in [4.78, 5) is 4.51. The van der Waals surface area contributed by atoms with E-state index in [1.807, 2.05) is 24.3 Å². The highest BCUT2D eigenvalue weighted by Gasteiger charge is 2.11. The van der Waals surface area contributed by atoms with Crippen LogP contribution >= 0.6 is 0 Å². The number of benzene rings is 2. The Hall–Kier alpha value is -2.62. The Balaban J connectivity index is 2.29. The Morgan fingerprint density at radius 2 is 1.53 bits per heavy atom. The number of rotatable bonds is 1. The molecule has 2 aromatic carbocycles. The van der Waals surface area contributed by atoms with Gasteiger partial charge in [-0.25, -0.2) is 9.37 Å². The van der Waals surface area contributed by atoms with Gasteiger partial charge in [-0.2, -0.15) is 0 Å². The molecule has 4 heteroatoms. The molecular weight excluding hydrogens is 241 g/mol. The standard InChI is InChI=1S/C15H12FN3/c16-10-7-5-9(6-8-10)15-14(18)13(17)11-3-1-2-4-12(11)19-15/h1-8H,18H2,(H2,17,19). The van der Waals surface area contributed by atoms with Gasteiger partial charge in [0, 0.05) is 10.9 Å². The maximum atomic E-state index is 13.0. The van der Waals surface area contributed by atoms with Gasteiger partial charge in [0.15, 0.2) is 0 Å². The van der Waals surface area contributed by atoms with E-state index in [1.54, 1.807) is 12.1 Å². The molecule has 0 aliphatic carbocycles. The maximum Gasteiger partial charge on any atom is 0.123 e. The second-order valence-electron chi connectivity index (χ2n) is 4.31. The molecular formula is C15H12FN3. The molecule has 0 spiro atoms. The number of nitrogens with zero attached hydrogens (tertiary/aromatic N) is 1. The molecule has 1 aromatic heterocycles. The van der Waals surface area contributed by atoms with Crippen LogP contribution in [-0.2, 0) is 0 Å². The summed E-state index contributed by atoms with van der Waals surface area (Å²) in [5.41, 5.74) is 15.1. The van der Waals surface area contributed by atoms with E-state index >= 15 is 0 Å². The lowest BCUT2D eigenvalue weighted by molar-refractivity contribution is 0.628. The molecule has 3 rings (SSSR count). The second kappa shape index (κ2) is 4.24. The number of halogens is 1. The molecule has 0 amide bonds. The van der Waals surface area contributed by atoms with E-state index < -0.39 is 0 Å². The highest BCUT2D eigenvalue weighted by atomic mass is 19.1. The van der Waals surface area contributed by atoms with Crippen molar-refractivity contribution in [1.29, 1.82) is 0 Å². The first-order valence-electron chi connectivity index (χ1n) is 5.86. The number of pyridine rings is 1. The van der Waals surface area contributed by atoms with Crippen LogP contribution in [0.5, 0.6) is 0 Å². The maximum absolute atomic E-state index is 13.0. The summed E-state index contributed by atoms with van der Waals surface area (Å²) in [6.45, 7) is 0. The Kier molecular flexibility index (Phi) is 2.56. The van der Waals surface area contributed by atoms with Gasteiger partial charge in [0.05, 0.1) is 22.6 Å². The summed E-state index contributed by atoms with van der Waals surface area (Å²) in [5.74, 6) is -0.295. The molecule has 0 unspecified atom stereocenters. The first kappa shape index (κ1) is 11.5. The molecule has 1 heterocycles. The van der Waals surface area contributed by atoms with Gasteiger partial charge in [0.2, 0.25) is 0 Å². The van der Waals surface area contributed by atoms with E-state index in [2.05, 4.69) is 4.98 Å². The summed E-state index contributed by atoms with van der Waals surface area (Å²) >= 11 is 0. The minimum Gasteiger partial charge on any atom is -0.396 e. The van der Waals surface area contributed by atoms with Gasteiger partial charge in [-0.1, -0.05) is 18.2 Å². The first-order valence-corrected chi connectivity index (χ1v) is 5.86.